The minimum atomic E-state index is -0.679. The number of ketones is 1. The van der Waals surface area contributed by atoms with Gasteiger partial charge in [-0.15, -0.1) is 0 Å². The first-order valence-electron chi connectivity index (χ1n) is 11.0. The lowest BCUT2D eigenvalue weighted by molar-refractivity contribution is -0.140. The van der Waals surface area contributed by atoms with Gasteiger partial charge in [-0.05, 0) is 48.0 Å². The molecule has 0 bridgehead atoms. The molecule has 0 radical (unpaired) electrons. The molecule has 2 amide bonds. The first-order chi connectivity index (χ1) is 17.4. The van der Waals surface area contributed by atoms with Crippen molar-refractivity contribution in [2.75, 3.05) is 33.0 Å². The molecule has 0 unspecified atom stereocenters. The molecule has 9 nitrogen and oxygen atoms in total. The van der Waals surface area contributed by atoms with Crippen LogP contribution in [0.4, 0.5) is 0 Å². The van der Waals surface area contributed by atoms with E-state index in [0.29, 0.717) is 17.1 Å². The van der Waals surface area contributed by atoms with Gasteiger partial charge in [0, 0.05) is 17.7 Å². The second-order valence-electron chi connectivity index (χ2n) is 7.55. The van der Waals surface area contributed by atoms with Crippen molar-refractivity contribution in [3.8, 4) is 11.5 Å². The van der Waals surface area contributed by atoms with Crippen LogP contribution in [0.15, 0.2) is 78.9 Å². The van der Waals surface area contributed by atoms with E-state index in [0.717, 1.165) is 10.5 Å². The van der Waals surface area contributed by atoms with Crippen molar-refractivity contribution in [2.45, 2.75) is 0 Å². The largest absolute Gasteiger partial charge is 0.492 e. The standard InChI is InChI=1S/C27H25NO8/c1-19(18-29)27(33)36-17-16-35-23-9-5-21(6-10-23)24(30)11-4-20-2-7-22(8-3-20)34-15-14-28-25(31)12-13-26(28)32/h2-13,29H,1,14-18H2/b11-4+. The molecule has 1 aliphatic rings. The lowest BCUT2D eigenvalue weighted by atomic mass is 10.1. The average molecular weight is 491 g/mol. The van der Waals surface area contributed by atoms with Crippen LogP contribution in [0.25, 0.3) is 6.08 Å². The van der Waals surface area contributed by atoms with E-state index >= 15 is 0 Å². The highest BCUT2D eigenvalue weighted by molar-refractivity contribution is 6.12. The first-order valence-corrected chi connectivity index (χ1v) is 11.0. The Morgan fingerprint density at radius 1 is 0.861 bits per heavy atom. The van der Waals surface area contributed by atoms with E-state index in [1.165, 1.54) is 18.2 Å². The highest BCUT2D eigenvalue weighted by Gasteiger charge is 2.22. The summed E-state index contributed by atoms with van der Waals surface area (Å²) in [5.74, 6) is -0.471. The van der Waals surface area contributed by atoms with E-state index in [-0.39, 0.29) is 49.5 Å². The molecule has 0 aromatic heterocycles. The molecular weight excluding hydrogens is 466 g/mol. The topological polar surface area (TPSA) is 119 Å². The van der Waals surface area contributed by atoms with Crippen LogP contribution in [0.5, 0.6) is 11.5 Å². The van der Waals surface area contributed by atoms with Crippen molar-refractivity contribution >= 4 is 29.6 Å². The van der Waals surface area contributed by atoms with Gasteiger partial charge in [0.05, 0.1) is 18.7 Å². The van der Waals surface area contributed by atoms with Gasteiger partial charge in [-0.3, -0.25) is 19.3 Å². The highest BCUT2D eigenvalue weighted by Crippen LogP contribution is 2.16. The van der Waals surface area contributed by atoms with E-state index in [4.69, 9.17) is 19.3 Å². The van der Waals surface area contributed by atoms with Crippen LogP contribution in [-0.2, 0) is 19.1 Å². The summed E-state index contributed by atoms with van der Waals surface area (Å²) in [4.78, 5) is 48.0. The van der Waals surface area contributed by atoms with E-state index < -0.39 is 12.6 Å². The van der Waals surface area contributed by atoms with Crippen LogP contribution in [0.3, 0.4) is 0 Å². The summed E-state index contributed by atoms with van der Waals surface area (Å²) in [6.07, 6.45) is 5.60. The zero-order valence-electron chi connectivity index (χ0n) is 19.4. The van der Waals surface area contributed by atoms with Crippen molar-refractivity contribution in [1.82, 2.24) is 4.90 Å². The second-order valence-corrected chi connectivity index (χ2v) is 7.55. The summed E-state index contributed by atoms with van der Waals surface area (Å²) < 4.78 is 15.9. The molecule has 0 saturated heterocycles. The van der Waals surface area contributed by atoms with Crippen LogP contribution in [0, 0.1) is 0 Å². The van der Waals surface area contributed by atoms with E-state index in [1.807, 2.05) is 0 Å². The normalized spacial score (nSPS) is 12.8. The molecule has 0 atom stereocenters. The van der Waals surface area contributed by atoms with Gasteiger partial charge >= 0.3 is 5.97 Å². The molecule has 0 aliphatic carbocycles. The number of ether oxygens (including phenoxy) is 3. The Hall–Kier alpha value is -4.50. The number of esters is 1. The van der Waals surface area contributed by atoms with Gasteiger partial charge in [0.1, 0.15) is 31.3 Å². The minimum Gasteiger partial charge on any atom is -0.492 e. The number of imide groups is 1. The molecule has 1 aliphatic heterocycles. The van der Waals surface area contributed by atoms with Crippen LogP contribution in [0.1, 0.15) is 15.9 Å². The Balaban J connectivity index is 1.41. The molecule has 2 aromatic rings. The molecule has 3 rings (SSSR count). The number of hydrogen-bond acceptors (Lipinski definition) is 8. The molecule has 2 aromatic carbocycles. The molecule has 1 N–H and O–H groups in total. The molecule has 186 valence electrons. The molecule has 0 spiro atoms. The van der Waals surface area contributed by atoms with E-state index in [9.17, 15) is 19.2 Å². The predicted octanol–water partition coefficient (Wildman–Crippen LogP) is 2.36. The Morgan fingerprint density at radius 2 is 1.44 bits per heavy atom. The summed E-state index contributed by atoms with van der Waals surface area (Å²) in [5, 5.41) is 8.81. The van der Waals surface area contributed by atoms with E-state index in [1.54, 1.807) is 54.6 Å². The van der Waals surface area contributed by atoms with Crippen LogP contribution in [-0.4, -0.2) is 66.5 Å². The predicted molar refractivity (Wildman–Crippen MR) is 130 cm³/mol. The molecule has 0 fully saturated rings. The monoisotopic (exact) mass is 491 g/mol. The van der Waals surface area contributed by atoms with Crippen LogP contribution < -0.4 is 9.47 Å². The number of benzene rings is 2. The molecule has 0 saturated carbocycles. The fourth-order valence-corrected chi connectivity index (χ4v) is 3.03. The summed E-state index contributed by atoms with van der Waals surface area (Å²) in [6, 6.07) is 13.6. The number of hydrogen-bond donors (Lipinski definition) is 1. The van der Waals surface area contributed by atoms with Gasteiger partial charge in [0.15, 0.2) is 5.78 Å². The first kappa shape index (κ1) is 26.1. The number of carbonyl (C=O) groups excluding carboxylic acids is 4. The van der Waals surface area contributed by atoms with Crippen LogP contribution in [0.2, 0.25) is 0 Å². The number of aliphatic hydroxyl groups excluding tert-OH is 1. The number of rotatable bonds is 13. The fourth-order valence-electron chi connectivity index (χ4n) is 3.03. The number of aliphatic hydroxyl groups is 1. The number of carbonyl (C=O) groups is 4. The second kappa shape index (κ2) is 12.8. The lowest BCUT2D eigenvalue weighted by Gasteiger charge is -2.14. The quantitative estimate of drug-likeness (QED) is 0.149. The third kappa shape index (κ3) is 7.51. The van der Waals surface area contributed by atoms with Gasteiger partial charge in [-0.25, -0.2) is 4.79 Å². The third-order valence-corrected chi connectivity index (χ3v) is 5.00. The van der Waals surface area contributed by atoms with Gasteiger partial charge in [0.2, 0.25) is 0 Å². The summed E-state index contributed by atoms with van der Waals surface area (Å²) in [7, 11) is 0. The SMILES string of the molecule is C=C(CO)C(=O)OCCOc1ccc(C(=O)/C=C/c2ccc(OCCN3C(=O)C=CC3=O)cc2)cc1. The maximum Gasteiger partial charge on any atom is 0.335 e. The molecule has 9 heteroatoms. The third-order valence-electron chi connectivity index (χ3n) is 5.00. The maximum atomic E-state index is 12.4. The van der Waals surface area contributed by atoms with Gasteiger partial charge < -0.3 is 19.3 Å². The zero-order valence-corrected chi connectivity index (χ0v) is 19.4. The smallest absolute Gasteiger partial charge is 0.335 e. The summed E-state index contributed by atoms with van der Waals surface area (Å²) in [5.41, 5.74) is 1.24. The molecule has 36 heavy (non-hydrogen) atoms. The Labute approximate surface area is 207 Å². The Morgan fingerprint density at radius 3 is 2.06 bits per heavy atom. The fraction of sp³-hybridized carbons (Fsp3) is 0.185. The zero-order chi connectivity index (χ0) is 25.9. The maximum absolute atomic E-state index is 12.4. The Bertz CT molecular complexity index is 1160. The highest BCUT2D eigenvalue weighted by atomic mass is 16.6. The number of amides is 2. The lowest BCUT2D eigenvalue weighted by Crippen LogP contribution is -2.33. The van der Waals surface area contributed by atoms with Gasteiger partial charge in [0.25, 0.3) is 11.8 Å². The van der Waals surface area contributed by atoms with Crippen molar-refractivity contribution in [2.24, 2.45) is 0 Å². The molecular formula is C27H25NO8. The average Bonchev–Trinajstić information content (AvgIpc) is 3.22. The van der Waals surface area contributed by atoms with E-state index in [2.05, 4.69) is 6.58 Å². The summed E-state index contributed by atoms with van der Waals surface area (Å²) in [6.45, 7) is 3.37. The van der Waals surface area contributed by atoms with Gasteiger partial charge in [-0.1, -0.05) is 24.8 Å². The number of allylic oxidation sites excluding steroid dienone is 1. The van der Waals surface area contributed by atoms with Gasteiger partial charge in [-0.2, -0.15) is 0 Å². The van der Waals surface area contributed by atoms with Crippen molar-refractivity contribution < 1.29 is 38.5 Å². The Kier molecular flexibility index (Phi) is 9.30. The van der Waals surface area contributed by atoms with Crippen LogP contribution >= 0.6 is 0 Å². The summed E-state index contributed by atoms with van der Waals surface area (Å²) >= 11 is 0. The number of nitrogens with zero attached hydrogens (tertiary/aromatic N) is 1. The van der Waals surface area contributed by atoms with Crippen molar-refractivity contribution in [3.05, 3.63) is 90.0 Å². The minimum absolute atomic E-state index is 0.000374. The van der Waals surface area contributed by atoms with Crippen molar-refractivity contribution in [1.29, 1.82) is 0 Å². The van der Waals surface area contributed by atoms with Crippen molar-refractivity contribution in [3.63, 3.8) is 0 Å². The molecule has 1 heterocycles.